The van der Waals surface area contributed by atoms with Crippen molar-refractivity contribution in [3.8, 4) is 0 Å². The number of benzene rings is 1. The average molecular weight is 268 g/mol. The summed E-state index contributed by atoms with van der Waals surface area (Å²) in [5.74, 6) is 0.00622. The van der Waals surface area contributed by atoms with Gasteiger partial charge in [0.05, 0.1) is 6.54 Å². The Balaban J connectivity index is 1.82. The topological polar surface area (TPSA) is 44.4 Å². The van der Waals surface area contributed by atoms with E-state index in [0.717, 1.165) is 25.2 Å². The summed E-state index contributed by atoms with van der Waals surface area (Å²) in [5.41, 5.74) is 0.780. The van der Waals surface area contributed by atoms with Crippen LogP contribution in [0.15, 0.2) is 24.3 Å². The zero-order valence-corrected chi connectivity index (χ0v) is 11.2. The summed E-state index contributed by atoms with van der Waals surface area (Å²) in [6.45, 7) is 2.41. The van der Waals surface area contributed by atoms with Gasteiger partial charge in [-0.3, -0.25) is 9.69 Å². The highest BCUT2D eigenvalue weighted by Crippen LogP contribution is 2.13. The number of halogens is 1. The van der Waals surface area contributed by atoms with Crippen LogP contribution in [0.5, 0.6) is 0 Å². The molecular weight excluding hydrogens is 250 g/mol. The minimum absolute atomic E-state index is 0.00622. The lowest BCUT2D eigenvalue weighted by molar-refractivity contribution is -0.117. The van der Waals surface area contributed by atoms with Crippen molar-refractivity contribution >= 4 is 23.2 Å². The molecule has 1 aromatic carbocycles. The van der Waals surface area contributed by atoms with Gasteiger partial charge in [0.25, 0.3) is 0 Å². The van der Waals surface area contributed by atoms with Crippen LogP contribution in [0.2, 0.25) is 5.02 Å². The molecule has 18 heavy (non-hydrogen) atoms. The van der Waals surface area contributed by atoms with Gasteiger partial charge in [-0.15, -0.1) is 0 Å². The lowest BCUT2D eigenvalue weighted by Gasteiger charge is -2.22. The van der Waals surface area contributed by atoms with Crippen molar-refractivity contribution in [2.75, 3.05) is 32.0 Å². The second-order valence-electron chi connectivity index (χ2n) is 4.62. The summed E-state index contributed by atoms with van der Waals surface area (Å²) in [5, 5.41) is 6.83. The van der Waals surface area contributed by atoms with Gasteiger partial charge in [0.1, 0.15) is 0 Å². The zero-order chi connectivity index (χ0) is 13.0. The first-order valence-electron chi connectivity index (χ1n) is 6.11. The summed E-state index contributed by atoms with van der Waals surface area (Å²) in [6.07, 6.45) is 1.10. The summed E-state index contributed by atoms with van der Waals surface area (Å²) in [6, 6.07) is 7.60. The highest BCUT2D eigenvalue weighted by molar-refractivity contribution is 6.30. The number of carbonyl (C=O) groups excluding carboxylic acids is 1. The largest absolute Gasteiger partial charge is 0.325 e. The first-order chi connectivity index (χ1) is 8.65. The second kappa shape index (κ2) is 6.18. The van der Waals surface area contributed by atoms with E-state index < -0.39 is 0 Å². The zero-order valence-electron chi connectivity index (χ0n) is 10.4. The van der Waals surface area contributed by atoms with Crippen LogP contribution in [0.1, 0.15) is 6.42 Å². The van der Waals surface area contributed by atoms with E-state index >= 15 is 0 Å². The molecule has 0 spiro atoms. The van der Waals surface area contributed by atoms with Crippen LogP contribution < -0.4 is 10.6 Å². The first-order valence-corrected chi connectivity index (χ1v) is 6.49. The van der Waals surface area contributed by atoms with Crippen LogP contribution in [0.3, 0.4) is 0 Å². The van der Waals surface area contributed by atoms with Gasteiger partial charge in [-0.2, -0.15) is 0 Å². The van der Waals surface area contributed by atoms with E-state index in [1.54, 1.807) is 24.3 Å². The maximum absolute atomic E-state index is 11.9. The van der Waals surface area contributed by atoms with Crippen molar-refractivity contribution in [1.82, 2.24) is 10.2 Å². The molecule has 0 aliphatic carbocycles. The van der Waals surface area contributed by atoms with Crippen molar-refractivity contribution in [2.24, 2.45) is 0 Å². The van der Waals surface area contributed by atoms with Gasteiger partial charge in [0.15, 0.2) is 0 Å². The van der Waals surface area contributed by atoms with Crippen LogP contribution in [-0.4, -0.2) is 43.5 Å². The van der Waals surface area contributed by atoms with E-state index in [1.807, 2.05) is 7.05 Å². The van der Waals surface area contributed by atoms with E-state index in [4.69, 9.17) is 11.6 Å². The molecule has 0 saturated carbocycles. The summed E-state index contributed by atoms with van der Waals surface area (Å²) < 4.78 is 0. The molecule has 1 amide bonds. The van der Waals surface area contributed by atoms with E-state index in [2.05, 4.69) is 15.5 Å². The molecule has 1 unspecified atom stereocenters. The predicted molar refractivity (Wildman–Crippen MR) is 74.0 cm³/mol. The van der Waals surface area contributed by atoms with E-state index in [-0.39, 0.29) is 5.91 Å². The van der Waals surface area contributed by atoms with Crippen LogP contribution in [0.25, 0.3) is 0 Å². The van der Waals surface area contributed by atoms with Crippen molar-refractivity contribution in [3.63, 3.8) is 0 Å². The number of hydrogen-bond acceptors (Lipinski definition) is 3. The highest BCUT2D eigenvalue weighted by atomic mass is 35.5. The smallest absolute Gasteiger partial charge is 0.238 e. The second-order valence-corrected chi connectivity index (χ2v) is 5.05. The molecule has 2 rings (SSSR count). The maximum atomic E-state index is 11.9. The number of likely N-dealkylation sites (N-methyl/N-ethyl adjacent to an activating group) is 1. The fraction of sp³-hybridized carbons (Fsp3) is 0.462. The molecule has 1 aliphatic heterocycles. The Labute approximate surface area is 112 Å². The monoisotopic (exact) mass is 267 g/mol. The van der Waals surface area contributed by atoms with E-state index in [1.165, 1.54) is 0 Å². The van der Waals surface area contributed by atoms with Gasteiger partial charge < -0.3 is 10.6 Å². The lowest BCUT2D eigenvalue weighted by Crippen LogP contribution is -2.39. The maximum Gasteiger partial charge on any atom is 0.238 e. The van der Waals surface area contributed by atoms with Crippen molar-refractivity contribution in [3.05, 3.63) is 29.3 Å². The number of rotatable bonds is 4. The Morgan fingerprint density at radius 3 is 2.83 bits per heavy atom. The first kappa shape index (κ1) is 13.3. The van der Waals surface area contributed by atoms with E-state index in [9.17, 15) is 4.79 Å². The van der Waals surface area contributed by atoms with Crippen molar-refractivity contribution in [1.29, 1.82) is 0 Å². The van der Waals surface area contributed by atoms with Gasteiger partial charge in [-0.05, 0) is 44.3 Å². The predicted octanol–water partition coefficient (Wildman–Crippen LogP) is 1.57. The standard InChI is InChI=1S/C13H18ClN3O/c1-17(12-6-7-15-8-12)9-13(18)16-11-4-2-10(14)3-5-11/h2-5,12,15H,6-9H2,1H3,(H,16,18). The van der Waals surface area contributed by atoms with Gasteiger partial charge in [-0.25, -0.2) is 0 Å². The molecule has 0 bridgehead atoms. The molecule has 4 nitrogen and oxygen atoms in total. The molecule has 1 atom stereocenters. The molecule has 0 aromatic heterocycles. The SMILES string of the molecule is CN(CC(=O)Nc1ccc(Cl)cc1)C1CCNC1. The molecule has 5 heteroatoms. The fourth-order valence-electron chi connectivity index (χ4n) is 2.10. The van der Waals surface area contributed by atoms with Crippen LogP contribution in [0.4, 0.5) is 5.69 Å². The minimum Gasteiger partial charge on any atom is -0.325 e. The van der Waals surface area contributed by atoms with Crippen molar-refractivity contribution < 1.29 is 4.79 Å². The third-order valence-corrected chi connectivity index (χ3v) is 3.43. The molecule has 1 aliphatic rings. The van der Waals surface area contributed by atoms with Crippen LogP contribution in [0, 0.1) is 0 Å². The number of amides is 1. The third kappa shape index (κ3) is 3.70. The Hall–Kier alpha value is -1.10. The van der Waals surface area contributed by atoms with Gasteiger partial charge in [0.2, 0.25) is 5.91 Å². The number of nitrogens with one attached hydrogen (secondary N) is 2. The Morgan fingerprint density at radius 2 is 2.22 bits per heavy atom. The van der Waals surface area contributed by atoms with Gasteiger partial charge >= 0.3 is 0 Å². The fourth-order valence-corrected chi connectivity index (χ4v) is 2.23. The molecular formula is C13H18ClN3O. The summed E-state index contributed by atoms with van der Waals surface area (Å²) in [7, 11) is 1.99. The average Bonchev–Trinajstić information content (AvgIpc) is 2.85. The van der Waals surface area contributed by atoms with Crippen LogP contribution in [-0.2, 0) is 4.79 Å². The summed E-state index contributed by atoms with van der Waals surface area (Å²) >= 11 is 5.79. The van der Waals surface area contributed by atoms with Crippen molar-refractivity contribution in [2.45, 2.75) is 12.5 Å². The van der Waals surface area contributed by atoms with E-state index in [0.29, 0.717) is 17.6 Å². The molecule has 1 aromatic rings. The van der Waals surface area contributed by atoms with Crippen LogP contribution >= 0.6 is 11.6 Å². The van der Waals surface area contributed by atoms with Gasteiger partial charge in [0, 0.05) is 23.3 Å². The Morgan fingerprint density at radius 1 is 1.50 bits per heavy atom. The number of carbonyl (C=O) groups is 1. The highest BCUT2D eigenvalue weighted by Gasteiger charge is 2.20. The number of anilines is 1. The normalized spacial score (nSPS) is 19.2. The Kier molecular flexibility index (Phi) is 4.58. The third-order valence-electron chi connectivity index (χ3n) is 3.18. The molecule has 2 N–H and O–H groups in total. The summed E-state index contributed by atoms with van der Waals surface area (Å²) in [4.78, 5) is 13.9. The lowest BCUT2D eigenvalue weighted by atomic mass is 10.2. The Bertz CT molecular complexity index is 401. The molecule has 0 radical (unpaired) electrons. The molecule has 1 saturated heterocycles. The molecule has 1 fully saturated rings. The number of hydrogen-bond donors (Lipinski definition) is 2. The number of nitrogens with zero attached hydrogens (tertiary/aromatic N) is 1. The molecule has 98 valence electrons. The minimum atomic E-state index is 0.00622. The quantitative estimate of drug-likeness (QED) is 0.871. The molecule has 1 heterocycles. The van der Waals surface area contributed by atoms with Gasteiger partial charge in [-0.1, -0.05) is 11.6 Å².